The summed E-state index contributed by atoms with van der Waals surface area (Å²) < 4.78 is 3.86. The zero-order valence-electron chi connectivity index (χ0n) is 8.59. The van der Waals surface area contributed by atoms with Crippen LogP contribution < -0.4 is 0 Å². The van der Waals surface area contributed by atoms with Gasteiger partial charge in [0.1, 0.15) is 0 Å². The predicted octanol–water partition coefficient (Wildman–Crippen LogP) is 0.924. The molecular weight excluding hydrogens is 211 g/mol. The summed E-state index contributed by atoms with van der Waals surface area (Å²) in [5, 5.41) is 9.40. The number of rotatable bonds is 6. The van der Waals surface area contributed by atoms with Crippen LogP contribution in [0.4, 0.5) is 0 Å². The van der Waals surface area contributed by atoms with E-state index >= 15 is 0 Å². The molecule has 0 radical (unpaired) electrons. The molecule has 0 aliphatic rings. The van der Waals surface area contributed by atoms with Gasteiger partial charge in [0.2, 0.25) is 0 Å². The van der Waals surface area contributed by atoms with E-state index in [2.05, 4.69) is 11.0 Å². The Labute approximate surface area is 93.5 Å². The van der Waals surface area contributed by atoms with Crippen LogP contribution in [0.3, 0.4) is 0 Å². The second kappa shape index (κ2) is 5.80. The van der Waals surface area contributed by atoms with E-state index < -0.39 is 7.05 Å². The summed E-state index contributed by atoms with van der Waals surface area (Å²) in [5.41, 5.74) is 0. The van der Waals surface area contributed by atoms with Crippen molar-refractivity contribution in [3.8, 4) is 0 Å². The van der Waals surface area contributed by atoms with Gasteiger partial charge in [0.25, 0.3) is 0 Å². The smallest absolute Gasteiger partial charge is 0.377 e. The van der Waals surface area contributed by atoms with E-state index in [1.807, 2.05) is 0 Å². The number of carbonyl (C=O) groups is 1. The second-order valence-corrected chi connectivity index (χ2v) is 3.98. The van der Waals surface area contributed by atoms with Crippen LogP contribution in [0.2, 0.25) is 6.82 Å². The summed E-state index contributed by atoms with van der Waals surface area (Å²) in [7, 11) is -0.653. The van der Waals surface area contributed by atoms with Crippen LogP contribution in [0.1, 0.15) is 9.67 Å². The summed E-state index contributed by atoms with van der Waals surface area (Å²) in [6.07, 6.45) is 3.25. The highest BCUT2D eigenvalue weighted by molar-refractivity contribution is 7.08. The fraction of sp³-hybridized carbons (Fsp3) is 0.333. The molecule has 0 amide bonds. The van der Waals surface area contributed by atoms with Gasteiger partial charge in [-0.15, -0.1) is 6.58 Å². The average Bonchev–Trinajstić information content (AvgIpc) is 2.69. The molecule has 1 rings (SSSR count). The summed E-state index contributed by atoms with van der Waals surface area (Å²) in [5.74, 6) is -0.0275. The van der Waals surface area contributed by atoms with Crippen molar-refractivity contribution in [1.29, 1.82) is 0 Å². The first-order chi connectivity index (χ1) is 7.15. The largest absolute Gasteiger partial charge is 0.437 e. The molecule has 6 heteroatoms. The fourth-order valence-electron chi connectivity index (χ4n) is 1.14. The first kappa shape index (κ1) is 12.1. The number of nitrogens with zero attached hydrogens (tertiary/aromatic N) is 2. The van der Waals surface area contributed by atoms with Gasteiger partial charge in [-0.1, -0.05) is 6.08 Å². The third kappa shape index (κ3) is 3.58. The average molecular weight is 224 g/mol. The van der Waals surface area contributed by atoms with Gasteiger partial charge in [0.05, 0.1) is 11.4 Å². The normalized spacial score (nSPS) is 10.3. The molecule has 0 spiro atoms. The quantitative estimate of drug-likeness (QED) is 0.443. The lowest BCUT2D eigenvalue weighted by atomic mass is 9.84. The molecule has 0 atom stereocenters. The van der Waals surface area contributed by atoms with Gasteiger partial charge >= 0.3 is 7.05 Å². The maximum Gasteiger partial charge on any atom is 0.377 e. The van der Waals surface area contributed by atoms with Crippen molar-refractivity contribution in [2.75, 3.05) is 13.1 Å². The molecule has 1 N–H and O–H groups in total. The Bertz CT molecular complexity index is 327. The molecule has 0 saturated heterocycles. The van der Waals surface area contributed by atoms with Crippen LogP contribution in [-0.4, -0.2) is 40.1 Å². The minimum atomic E-state index is -0.653. The fourth-order valence-corrected chi connectivity index (χ4v) is 1.66. The molecule has 4 nitrogen and oxygen atoms in total. The van der Waals surface area contributed by atoms with Crippen LogP contribution in [0, 0.1) is 0 Å². The van der Waals surface area contributed by atoms with Crippen molar-refractivity contribution in [3.63, 3.8) is 0 Å². The number of hydrogen-bond donors (Lipinski definition) is 1. The zero-order chi connectivity index (χ0) is 11.3. The number of hydrogen-bond acceptors (Lipinski definition) is 5. The molecule has 0 aliphatic heterocycles. The van der Waals surface area contributed by atoms with Crippen LogP contribution in [-0.2, 0) is 0 Å². The summed E-state index contributed by atoms with van der Waals surface area (Å²) in [4.78, 5) is 13.9. The van der Waals surface area contributed by atoms with Gasteiger partial charge in [-0.05, 0) is 24.4 Å². The van der Waals surface area contributed by atoms with E-state index in [0.717, 1.165) is 0 Å². The summed E-state index contributed by atoms with van der Waals surface area (Å²) in [6, 6.07) is 1.68. The van der Waals surface area contributed by atoms with Crippen molar-refractivity contribution in [2.45, 2.75) is 6.82 Å². The van der Waals surface area contributed by atoms with Gasteiger partial charge in [-0.25, -0.2) is 4.37 Å². The van der Waals surface area contributed by atoms with Crippen molar-refractivity contribution < 1.29 is 9.82 Å². The minimum Gasteiger partial charge on any atom is -0.437 e. The maximum atomic E-state index is 11.7. The lowest BCUT2D eigenvalue weighted by molar-refractivity contribution is 0.0968. The standard InChI is InChI=1S/C9H13BN2O2S/c1-3-6-12(10(2)14)7-8(13)9-4-5-11-15-9/h3-5,14H,1,6-7H2,2H3. The molecule has 1 heterocycles. The molecule has 1 aromatic rings. The molecule has 0 unspecified atom stereocenters. The molecule has 0 fully saturated rings. The van der Waals surface area contributed by atoms with Crippen LogP contribution in [0.15, 0.2) is 24.9 Å². The molecule has 80 valence electrons. The Kier molecular flexibility index (Phi) is 4.67. The molecule has 15 heavy (non-hydrogen) atoms. The topological polar surface area (TPSA) is 53.4 Å². The molecule has 0 bridgehead atoms. The first-order valence-corrected chi connectivity index (χ1v) is 5.39. The molecule has 0 saturated carbocycles. The first-order valence-electron chi connectivity index (χ1n) is 4.62. The third-order valence-electron chi connectivity index (χ3n) is 1.95. The van der Waals surface area contributed by atoms with E-state index in [4.69, 9.17) is 0 Å². The van der Waals surface area contributed by atoms with Crippen molar-refractivity contribution in [3.05, 3.63) is 29.8 Å². The van der Waals surface area contributed by atoms with E-state index in [1.54, 1.807) is 30.0 Å². The Hall–Kier alpha value is -0.975. The Morgan fingerprint density at radius 3 is 3.07 bits per heavy atom. The monoisotopic (exact) mass is 224 g/mol. The van der Waals surface area contributed by atoms with Crippen molar-refractivity contribution >= 4 is 24.4 Å². The highest BCUT2D eigenvalue weighted by atomic mass is 32.1. The summed E-state index contributed by atoms with van der Waals surface area (Å²) >= 11 is 1.17. The second-order valence-electron chi connectivity index (χ2n) is 3.15. The van der Waals surface area contributed by atoms with Crippen molar-refractivity contribution in [2.24, 2.45) is 0 Å². The Morgan fingerprint density at radius 2 is 2.60 bits per heavy atom. The van der Waals surface area contributed by atoms with Gasteiger partial charge < -0.3 is 9.83 Å². The summed E-state index contributed by atoms with van der Waals surface area (Å²) in [6.45, 7) is 5.88. The third-order valence-corrected chi connectivity index (χ3v) is 2.74. The minimum absolute atomic E-state index is 0.0275. The zero-order valence-corrected chi connectivity index (χ0v) is 9.41. The molecule has 0 aromatic carbocycles. The lowest BCUT2D eigenvalue weighted by Gasteiger charge is -2.19. The van der Waals surface area contributed by atoms with Crippen LogP contribution in [0.5, 0.6) is 0 Å². The van der Waals surface area contributed by atoms with Gasteiger partial charge in [0, 0.05) is 12.7 Å². The number of Topliss-reactive ketones (excluding diaryl/α,β-unsaturated/α-hetero) is 1. The highest BCUT2D eigenvalue weighted by Crippen LogP contribution is 2.07. The van der Waals surface area contributed by atoms with E-state index in [1.165, 1.54) is 11.5 Å². The number of ketones is 1. The number of aromatic nitrogens is 1. The predicted molar refractivity (Wildman–Crippen MR) is 62.1 cm³/mol. The highest BCUT2D eigenvalue weighted by Gasteiger charge is 2.19. The Balaban J connectivity index is 2.58. The number of carbonyl (C=O) groups excluding carboxylic acids is 1. The lowest BCUT2D eigenvalue weighted by Crippen LogP contribution is -2.40. The van der Waals surface area contributed by atoms with Gasteiger partial charge in [-0.3, -0.25) is 4.79 Å². The molecule has 1 aromatic heterocycles. The molecule has 0 aliphatic carbocycles. The van der Waals surface area contributed by atoms with E-state index in [-0.39, 0.29) is 12.3 Å². The SMILES string of the molecule is C=CCN(CC(=O)c1ccns1)B(C)O. The van der Waals surface area contributed by atoms with Gasteiger partial charge in [-0.2, -0.15) is 0 Å². The van der Waals surface area contributed by atoms with E-state index in [9.17, 15) is 9.82 Å². The van der Waals surface area contributed by atoms with Crippen LogP contribution >= 0.6 is 11.5 Å². The Morgan fingerprint density at radius 1 is 1.87 bits per heavy atom. The maximum absolute atomic E-state index is 11.7. The van der Waals surface area contributed by atoms with Crippen molar-refractivity contribution in [1.82, 2.24) is 9.18 Å². The van der Waals surface area contributed by atoms with Gasteiger partial charge in [0.15, 0.2) is 5.78 Å². The van der Waals surface area contributed by atoms with Crippen LogP contribution in [0.25, 0.3) is 0 Å². The molecular formula is C9H13BN2O2S. The van der Waals surface area contributed by atoms with E-state index in [0.29, 0.717) is 11.4 Å².